The van der Waals surface area contributed by atoms with Crippen LogP contribution in [0.5, 0.6) is 11.5 Å². The Morgan fingerprint density at radius 1 is 1.09 bits per heavy atom. The summed E-state index contributed by atoms with van der Waals surface area (Å²) in [6.07, 6.45) is 0. The van der Waals surface area contributed by atoms with Gasteiger partial charge in [-0.05, 0) is 68.9 Å². The van der Waals surface area contributed by atoms with Crippen molar-refractivity contribution >= 4 is 5.91 Å². The fourth-order valence-electron chi connectivity index (χ4n) is 3.83. The van der Waals surface area contributed by atoms with Gasteiger partial charge in [0.1, 0.15) is 23.9 Å². The monoisotopic (exact) mass is 451 g/mol. The molecule has 0 bridgehead atoms. The van der Waals surface area contributed by atoms with E-state index in [9.17, 15) is 4.79 Å². The highest BCUT2D eigenvalue weighted by atomic mass is 16.5. The fraction of sp³-hybridized carbons (Fsp3) is 0.385. The molecule has 0 aliphatic rings. The molecule has 0 aliphatic heterocycles. The molecule has 0 saturated heterocycles. The van der Waals surface area contributed by atoms with E-state index in [0.29, 0.717) is 24.5 Å². The summed E-state index contributed by atoms with van der Waals surface area (Å²) in [4.78, 5) is 15.2. The van der Waals surface area contributed by atoms with E-state index in [1.165, 1.54) is 0 Å². The number of amides is 1. The molecule has 3 rings (SSSR count). The zero-order chi connectivity index (χ0) is 23.8. The van der Waals surface area contributed by atoms with Crippen LogP contribution in [0.15, 0.2) is 53.1 Å². The molecule has 0 spiro atoms. The standard InChI is InChI=1S/C26H33N3O4/c1-6-29(7-2)25(21-9-8-10-23(15-21)31-5)16-27-26(30)20-11-13-22(14-12-20)32-17-24-18(3)28-33-19(24)4/h8-15,25H,6-7,16-17H2,1-5H3,(H,27,30). The largest absolute Gasteiger partial charge is 0.497 e. The zero-order valence-corrected chi connectivity index (χ0v) is 20.1. The van der Waals surface area contributed by atoms with Crippen molar-refractivity contribution in [3.8, 4) is 11.5 Å². The van der Waals surface area contributed by atoms with Gasteiger partial charge in [0, 0.05) is 12.1 Å². The summed E-state index contributed by atoms with van der Waals surface area (Å²) in [5, 5.41) is 7.03. The van der Waals surface area contributed by atoms with Crippen molar-refractivity contribution in [3.05, 3.63) is 76.7 Å². The number of rotatable bonds is 11. The van der Waals surface area contributed by atoms with Crippen LogP contribution in [0.1, 0.15) is 52.8 Å². The van der Waals surface area contributed by atoms with Crippen molar-refractivity contribution in [2.24, 2.45) is 0 Å². The number of hydrogen-bond acceptors (Lipinski definition) is 6. The van der Waals surface area contributed by atoms with Gasteiger partial charge in [0.15, 0.2) is 0 Å². The van der Waals surface area contributed by atoms with Gasteiger partial charge in [-0.1, -0.05) is 31.1 Å². The van der Waals surface area contributed by atoms with E-state index in [4.69, 9.17) is 14.0 Å². The van der Waals surface area contributed by atoms with E-state index in [-0.39, 0.29) is 11.9 Å². The van der Waals surface area contributed by atoms with Crippen molar-refractivity contribution in [3.63, 3.8) is 0 Å². The van der Waals surface area contributed by atoms with Crippen LogP contribution in [0.2, 0.25) is 0 Å². The Morgan fingerprint density at radius 3 is 2.42 bits per heavy atom. The highest BCUT2D eigenvalue weighted by Crippen LogP contribution is 2.24. The first-order valence-corrected chi connectivity index (χ1v) is 11.3. The van der Waals surface area contributed by atoms with Gasteiger partial charge in [0.2, 0.25) is 0 Å². The van der Waals surface area contributed by atoms with Crippen LogP contribution < -0.4 is 14.8 Å². The number of ether oxygens (including phenoxy) is 2. The average Bonchev–Trinajstić information content (AvgIpc) is 3.17. The maximum atomic E-state index is 12.8. The Balaban J connectivity index is 1.63. The summed E-state index contributed by atoms with van der Waals surface area (Å²) in [5.41, 5.74) is 3.46. The number of carbonyl (C=O) groups excluding carboxylic acids is 1. The number of carbonyl (C=O) groups is 1. The highest BCUT2D eigenvalue weighted by Gasteiger charge is 2.20. The third-order valence-electron chi connectivity index (χ3n) is 5.87. The molecule has 176 valence electrons. The minimum absolute atomic E-state index is 0.0525. The lowest BCUT2D eigenvalue weighted by atomic mass is 10.0. The number of methoxy groups -OCH3 is 1. The second-order valence-corrected chi connectivity index (χ2v) is 7.84. The second kappa shape index (κ2) is 11.5. The lowest BCUT2D eigenvalue weighted by molar-refractivity contribution is 0.0935. The molecule has 7 nitrogen and oxygen atoms in total. The summed E-state index contributed by atoms with van der Waals surface area (Å²) in [6, 6.07) is 15.2. The quantitative estimate of drug-likeness (QED) is 0.456. The summed E-state index contributed by atoms with van der Waals surface area (Å²) in [7, 11) is 1.66. The highest BCUT2D eigenvalue weighted by molar-refractivity contribution is 5.94. The molecule has 0 radical (unpaired) electrons. The molecule has 1 N–H and O–H groups in total. The van der Waals surface area contributed by atoms with Gasteiger partial charge in [-0.25, -0.2) is 0 Å². The molecular formula is C26H33N3O4. The molecule has 2 aromatic carbocycles. The molecule has 1 atom stereocenters. The first-order valence-electron chi connectivity index (χ1n) is 11.3. The number of likely N-dealkylation sites (N-methyl/N-ethyl adjacent to an activating group) is 1. The van der Waals surface area contributed by atoms with Crippen LogP contribution >= 0.6 is 0 Å². The molecule has 1 unspecified atom stereocenters. The lowest BCUT2D eigenvalue weighted by Crippen LogP contribution is -2.38. The van der Waals surface area contributed by atoms with Gasteiger partial charge in [-0.3, -0.25) is 9.69 Å². The van der Waals surface area contributed by atoms with Crippen molar-refractivity contribution in [2.45, 2.75) is 40.3 Å². The molecule has 1 amide bonds. The van der Waals surface area contributed by atoms with Gasteiger partial charge < -0.3 is 19.3 Å². The maximum absolute atomic E-state index is 12.8. The number of aryl methyl sites for hydroxylation is 2. The van der Waals surface area contributed by atoms with E-state index in [0.717, 1.165) is 41.4 Å². The Bertz CT molecular complexity index is 1020. The van der Waals surface area contributed by atoms with Gasteiger partial charge in [-0.2, -0.15) is 0 Å². The minimum atomic E-state index is -0.118. The fourth-order valence-corrected chi connectivity index (χ4v) is 3.83. The second-order valence-electron chi connectivity index (χ2n) is 7.84. The normalized spacial score (nSPS) is 11.9. The molecular weight excluding hydrogens is 418 g/mol. The van der Waals surface area contributed by atoms with Crippen LogP contribution in [-0.4, -0.2) is 42.7 Å². The van der Waals surface area contributed by atoms with Gasteiger partial charge in [0.05, 0.1) is 24.4 Å². The van der Waals surface area contributed by atoms with E-state index < -0.39 is 0 Å². The van der Waals surface area contributed by atoms with Crippen molar-refractivity contribution < 1.29 is 18.8 Å². The summed E-state index contributed by atoms with van der Waals surface area (Å²) in [5.74, 6) is 2.13. The van der Waals surface area contributed by atoms with Crippen molar-refractivity contribution in [1.82, 2.24) is 15.4 Å². The topological polar surface area (TPSA) is 76.8 Å². The predicted octanol–water partition coefficient (Wildman–Crippen LogP) is 4.69. The Kier molecular flexibility index (Phi) is 8.49. The third-order valence-corrected chi connectivity index (χ3v) is 5.87. The van der Waals surface area contributed by atoms with Crippen LogP contribution in [0.4, 0.5) is 0 Å². The van der Waals surface area contributed by atoms with Gasteiger partial charge in [-0.15, -0.1) is 0 Å². The van der Waals surface area contributed by atoms with E-state index in [1.54, 1.807) is 31.4 Å². The Labute approximate surface area is 195 Å². The van der Waals surface area contributed by atoms with Crippen LogP contribution in [0.25, 0.3) is 0 Å². The molecule has 7 heteroatoms. The molecule has 0 aliphatic carbocycles. The van der Waals surface area contributed by atoms with Crippen LogP contribution in [-0.2, 0) is 6.61 Å². The molecule has 1 heterocycles. The van der Waals surface area contributed by atoms with E-state index >= 15 is 0 Å². The number of nitrogens with zero attached hydrogens (tertiary/aromatic N) is 2. The minimum Gasteiger partial charge on any atom is -0.497 e. The molecule has 0 fully saturated rings. The smallest absolute Gasteiger partial charge is 0.251 e. The average molecular weight is 452 g/mol. The summed E-state index contributed by atoms with van der Waals surface area (Å²) < 4.78 is 16.4. The Morgan fingerprint density at radius 2 is 1.82 bits per heavy atom. The maximum Gasteiger partial charge on any atom is 0.251 e. The summed E-state index contributed by atoms with van der Waals surface area (Å²) >= 11 is 0. The SMILES string of the molecule is CCN(CC)C(CNC(=O)c1ccc(OCc2c(C)noc2C)cc1)c1cccc(OC)c1. The lowest BCUT2D eigenvalue weighted by Gasteiger charge is -2.30. The number of hydrogen-bond donors (Lipinski definition) is 1. The predicted molar refractivity (Wildman–Crippen MR) is 128 cm³/mol. The zero-order valence-electron chi connectivity index (χ0n) is 20.1. The van der Waals surface area contributed by atoms with E-state index in [2.05, 4.69) is 35.3 Å². The first kappa shape index (κ1) is 24.3. The third kappa shape index (κ3) is 6.14. The van der Waals surface area contributed by atoms with Crippen molar-refractivity contribution in [1.29, 1.82) is 0 Å². The molecule has 3 aromatic rings. The molecule has 1 aromatic heterocycles. The summed E-state index contributed by atoms with van der Waals surface area (Å²) in [6.45, 7) is 10.6. The first-order chi connectivity index (χ1) is 16.0. The number of aromatic nitrogens is 1. The van der Waals surface area contributed by atoms with Gasteiger partial charge >= 0.3 is 0 Å². The van der Waals surface area contributed by atoms with Crippen molar-refractivity contribution in [2.75, 3.05) is 26.7 Å². The van der Waals surface area contributed by atoms with Crippen LogP contribution in [0, 0.1) is 13.8 Å². The molecule has 0 saturated carbocycles. The Hall–Kier alpha value is -3.32. The number of nitrogens with one attached hydrogen (secondary N) is 1. The molecule has 33 heavy (non-hydrogen) atoms. The van der Waals surface area contributed by atoms with Gasteiger partial charge in [0.25, 0.3) is 5.91 Å². The number of benzene rings is 2. The van der Waals surface area contributed by atoms with Crippen LogP contribution in [0.3, 0.4) is 0 Å². The van der Waals surface area contributed by atoms with E-state index in [1.807, 2.05) is 32.0 Å².